The van der Waals surface area contributed by atoms with E-state index in [1.54, 1.807) is 24.3 Å². The quantitative estimate of drug-likeness (QED) is 0.496. The molecule has 0 bridgehead atoms. The van der Waals surface area contributed by atoms with Gasteiger partial charge in [-0.15, -0.1) is 11.8 Å². The molecule has 28 heavy (non-hydrogen) atoms. The first-order chi connectivity index (χ1) is 13.6. The summed E-state index contributed by atoms with van der Waals surface area (Å²) < 4.78 is 4.87. The molecule has 0 saturated carbocycles. The van der Waals surface area contributed by atoms with Crippen molar-refractivity contribution in [1.82, 2.24) is 5.32 Å². The molecule has 2 amide bonds. The fourth-order valence-electron chi connectivity index (χ4n) is 2.20. The number of nitrogens with zero attached hydrogens (tertiary/aromatic N) is 1. The molecule has 2 rings (SSSR count). The molecule has 8 heteroatoms. The van der Waals surface area contributed by atoms with E-state index in [-0.39, 0.29) is 24.6 Å². The Morgan fingerprint density at radius 1 is 1.00 bits per heavy atom. The third kappa shape index (κ3) is 7.51. The van der Waals surface area contributed by atoms with Crippen LogP contribution in [0, 0.1) is 11.3 Å². The molecular weight excluding hydrogens is 378 g/mol. The lowest BCUT2D eigenvalue weighted by Crippen LogP contribution is -2.33. The molecular formula is C20H19N3O4S. The van der Waals surface area contributed by atoms with Crippen LogP contribution in [0.5, 0.6) is 0 Å². The standard InChI is InChI=1S/C20H19N3O4S/c21-10-11-28-17-9-5-4-8-16(17)23-19(25)14-27-20(26)13-22-18(24)12-15-6-2-1-3-7-15/h1-9H,11-14H2,(H,22,24)(H,23,25). The number of nitrogens with one attached hydrogen (secondary N) is 2. The van der Waals surface area contributed by atoms with Crippen LogP contribution in [-0.2, 0) is 25.5 Å². The third-order valence-electron chi connectivity index (χ3n) is 3.46. The molecule has 0 aliphatic carbocycles. The Labute approximate surface area is 167 Å². The van der Waals surface area contributed by atoms with E-state index in [0.717, 1.165) is 10.5 Å². The van der Waals surface area contributed by atoms with Crippen LogP contribution in [0.2, 0.25) is 0 Å². The summed E-state index contributed by atoms with van der Waals surface area (Å²) in [5.41, 5.74) is 1.38. The lowest BCUT2D eigenvalue weighted by molar-refractivity contribution is -0.147. The minimum atomic E-state index is -0.705. The molecule has 144 valence electrons. The van der Waals surface area contributed by atoms with Crippen LogP contribution >= 0.6 is 11.8 Å². The number of rotatable bonds is 9. The van der Waals surface area contributed by atoms with E-state index >= 15 is 0 Å². The van der Waals surface area contributed by atoms with Gasteiger partial charge in [-0.05, 0) is 17.7 Å². The Balaban J connectivity index is 1.72. The number of anilines is 1. The van der Waals surface area contributed by atoms with Crippen LogP contribution < -0.4 is 10.6 Å². The predicted molar refractivity (Wildman–Crippen MR) is 106 cm³/mol. The fourth-order valence-corrected chi connectivity index (χ4v) is 2.87. The second-order valence-electron chi connectivity index (χ2n) is 5.59. The normalized spacial score (nSPS) is 9.82. The van der Waals surface area contributed by atoms with Gasteiger partial charge in [0.05, 0.1) is 23.9 Å². The number of hydrogen-bond acceptors (Lipinski definition) is 6. The van der Waals surface area contributed by atoms with Gasteiger partial charge >= 0.3 is 5.97 Å². The minimum Gasteiger partial charge on any atom is -0.454 e. The first-order valence-electron chi connectivity index (χ1n) is 8.43. The molecule has 0 aliphatic rings. The molecule has 0 saturated heterocycles. The second-order valence-corrected chi connectivity index (χ2v) is 6.61. The van der Waals surface area contributed by atoms with Crippen molar-refractivity contribution in [3.05, 3.63) is 60.2 Å². The highest BCUT2D eigenvalue weighted by atomic mass is 32.2. The highest BCUT2D eigenvalue weighted by Crippen LogP contribution is 2.26. The number of nitriles is 1. The van der Waals surface area contributed by atoms with Gasteiger partial charge in [-0.1, -0.05) is 42.5 Å². The van der Waals surface area contributed by atoms with Crippen molar-refractivity contribution in [2.75, 3.05) is 24.2 Å². The van der Waals surface area contributed by atoms with Crippen LogP contribution in [-0.4, -0.2) is 36.7 Å². The maximum atomic E-state index is 12.0. The first-order valence-corrected chi connectivity index (χ1v) is 9.42. The summed E-state index contributed by atoms with van der Waals surface area (Å²) in [6.45, 7) is -0.780. The predicted octanol–water partition coefficient (Wildman–Crippen LogP) is 2.14. The molecule has 7 nitrogen and oxygen atoms in total. The minimum absolute atomic E-state index is 0.158. The van der Waals surface area contributed by atoms with Gasteiger partial charge in [0.25, 0.3) is 5.91 Å². The molecule has 2 aromatic carbocycles. The van der Waals surface area contributed by atoms with Crippen LogP contribution in [0.25, 0.3) is 0 Å². The maximum absolute atomic E-state index is 12.0. The lowest BCUT2D eigenvalue weighted by atomic mass is 10.1. The molecule has 0 aliphatic heterocycles. The number of ether oxygens (including phenoxy) is 1. The Bertz CT molecular complexity index is 865. The first kappa shape index (κ1) is 21.0. The summed E-state index contributed by atoms with van der Waals surface area (Å²) in [6, 6.07) is 18.2. The van der Waals surface area contributed by atoms with Crippen molar-refractivity contribution in [2.45, 2.75) is 11.3 Å². The zero-order chi connectivity index (χ0) is 20.2. The number of carbonyl (C=O) groups excluding carboxylic acids is 3. The van der Waals surface area contributed by atoms with Gasteiger partial charge < -0.3 is 15.4 Å². The van der Waals surface area contributed by atoms with Crippen molar-refractivity contribution >= 4 is 35.2 Å². The van der Waals surface area contributed by atoms with Crippen LogP contribution in [0.1, 0.15) is 5.56 Å². The smallest absolute Gasteiger partial charge is 0.325 e. The third-order valence-corrected chi connectivity index (χ3v) is 4.40. The zero-order valence-electron chi connectivity index (χ0n) is 15.0. The van der Waals surface area contributed by atoms with E-state index < -0.39 is 18.5 Å². The van der Waals surface area contributed by atoms with Crippen molar-refractivity contribution in [3.63, 3.8) is 0 Å². The molecule has 0 unspecified atom stereocenters. The van der Waals surface area contributed by atoms with Crippen LogP contribution in [0.15, 0.2) is 59.5 Å². The maximum Gasteiger partial charge on any atom is 0.325 e. The van der Waals surface area contributed by atoms with E-state index in [4.69, 9.17) is 10.00 Å². The SMILES string of the molecule is N#CCSc1ccccc1NC(=O)COC(=O)CNC(=O)Cc1ccccc1. The van der Waals surface area contributed by atoms with Crippen molar-refractivity contribution in [3.8, 4) is 6.07 Å². The number of carbonyl (C=O) groups is 3. The van der Waals surface area contributed by atoms with Crippen molar-refractivity contribution in [1.29, 1.82) is 5.26 Å². The second kappa shape index (κ2) is 11.4. The monoisotopic (exact) mass is 397 g/mol. The average molecular weight is 397 g/mol. The van der Waals surface area contributed by atoms with Crippen LogP contribution in [0.3, 0.4) is 0 Å². The van der Waals surface area contributed by atoms with Gasteiger partial charge in [0, 0.05) is 4.90 Å². The number of thioether (sulfide) groups is 1. The summed E-state index contributed by atoms with van der Waals surface area (Å²) in [4.78, 5) is 36.2. The van der Waals surface area contributed by atoms with Gasteiger partial charge in [-0.3, -0.25) is 14.4 Å². The Hall–Kier alpha value is -3.31. The van der Waals surface area contributed by atoms with Gasteiger partial charge in [-0.25, -0.2) is 0 Å². The van der Waals surface area contributed by atoms with Crippen molar-refractivity contribution in [2.24, 2.45) is 0 Å². The number of hydrogen-bond donors (Lipinski definition) is 2. The highest BCUT2D eigenvalue weighted by molar-refractivity contribution is 7.99. The number of esters is 1. The van der Waals surface area contributed by atoms with Gasteiger partial charge in [-0.2, -0.15) is 5.26 Å². The Morgan fingerprint density at radius 2 is 1.71 bits per heavy atom. The average Bonchev–Trinajstić information content (AvgIpc) is 2.71. The molecule has 0 fully saturated rings. The van der Waals surface area contributed by atoms with E-state index in [0.29, 0.717) is 5.69 Å². The molecule has 0 radical (unpaired) electrons. The zero-order valence-corrected chi connectivity index (χ0v) is 15.8. The van der Waals surface area contributed by atoms with E-state index in [9.17, 15) is 14.4 Å². The van der Waals surface area contributed by atoms with Gasteiger partial charge in [0.1, 0.15) is 6.54 Å². The Morgan fingerprint density at radius 3 is 2.46 bits per heavy atom. The van der Waals surface area contributed by atoms with Gasteiger partial charge in [0.15, 0.2) is 6.61 Å². The summed E-state index contributed by atoms with van der Waals surface area (Å²) in [6.07, 6.45) is 0.158. The van der Waals surface area contributed by atoms with Crippen molar-refractivity contribution < 1.29 is 19.1 Å². The number of para-hydroxylation sites is 1. The molecule has 0 heterocycles. The summed E-state index contributed by atoms with van der Waals surface area (Å²) in [5.74, 6) is -1.27. The van der Waals surface area contributed by atoms with E-state index in [1.165, 1.54) is 11.8 Å². The molecule has 2 N–H and O–H groups in total. The topological polar surface area (TPSA) is 108 Å². The van der Waals surface area contributed by atoms with Crippen LogP contribution in [0.4, 0.5) is 5.69 Å². The van der Waals surface area contributed by atoms with Gasteiger partial charge in [0.2, 0.25) is 5.91 Å². The molecule has 2 aromatic rings. The summed E-state index contributed by atoms with van der Waals surface area (Å²) >= 11 is 1.29. The molecule has 0 atom stereocenters. The molecule has 0 aromatic heterocycles. The fraction of sp³-hybridized carbons (Fsp3) is 0.200. The van der Waals surface area contributed by atoms with E-state index in [2.05, 4.69) is 10.6 Å². The summed E-state index contributed by atoms with van der Waals surface area (Å²) in [5, 5.41) is 13.8. The largest absolute Gasteiger partial charge is 0.454 e. The highest BCUT2D eigenvalue weighted by Gasteiger charge is 2.11. The number of benzene rings is 2. The summed E-state index contributed by atoms with van der Waals surface area (Å²) in [7, 11) is 0. The molecule has 0 spiro atoms. The van der Waals surface area contributed by atoms with E-state index in [1.807, 2.05) is 36.4 Å². The Kier molecular flexibility index (Phi) is 8.56. The lowest BCUT2D eigenvalue weighted by Gasteiger charge is -2.10. The number of amides is 2.